The predicted molar refractivity (Wildman–Crippen MR) is 44.7 cm³/mol. The molecule has 0 saturated heterocycles. The Labute approximate surface area is 63.4 Å². The highest BCUT2D eigenvalue weighted by molar-refractivity contribution is 7.42. The Kier molecular flexibility index (Phi) is 4.50. The van der Waals surface area contributed by atoms with E-state index >= 15 is 0 Å². The maximum absolute atomic E-state index is 11.1. The summed E-state index contributed by atoms with van der Waals surface area (Å²) < 4.78 is 4.88. The van der Waals surface area contributed by atoms with E-state index in [4.69, 9.17) is 4.74 Å². The first-order valence-corrected chi connectivity index (χ1v) is 4.52. The van der Waals surface area contributed by atoms with Gasteiger partial charge >= 0.3 is 0 Å². The van der Waals surface area contributed by atoms with Gasteiger partial charge in [0, 0.05) is 13.0 Å². The van der Waals surface area contributed by atoms with Gasteiger partial charge in [-0.3, -0.25) is 4.79 Å². The summed E-state index contributed by atoms with van der Waals surface area (Å²) in [6.07, 6.45) is 0. The number of methoxy groups -OCH3 is 1. The number of hydrogen-bond acceptors (Lipinski definition) is 2. The molecule has 0 radical (unpaired) electrons. The van der Waals surface area contributed by atoms with Gasteiger partial charge in [-0.15, -0.1) is 0 Å². The van der Waals surface area contributed by atoms with Crippen LogP contribution < -0.4 is 0 Å². The minimum absolute atomic E-state index is 0.0439. The molecule has 0 fully saturated rings. The standard InChI is InChI=1S/C7H13O2P/c1-5(2)6(8)7(9-3)10-4/h5H,1-4H3. The van der Waals surface area contributed by atoms with E-state index in [-0.39, 0.29) is 11.7 Å². The van der Waals surface area contributed by atoms with E-state index in [1.54, 1.807) is 0 Å². The number of ketones is 1. The van der Waals surface area contributed by atoms with E-state index in [0.717, 1.165) is 8.20 Å². The molecule has 0 aliphatic rings. The molecule has 0 heterocycles. The zero-order valence-electron chi connectivity index (χ0n) is 6.84. The SMILES string of the molecule is COC(=PC)C(=O)C(C)C. The van der Waals surface area contributed by atoms with E-state index in [1.807, 2.05) is 20.5 Å². The molecule has 10 heavy (non-hydrogen) atoms. The van der Waals surface area contributed by atoms with Crippen molar-refractivity contribution in [3.8, 4) is 0 Å². The van der Waals surface area contributed by atoms with Gasteiger partial charge in [-0.1, -0.05) is 22.1 Å². The summed E-state index contributed by atoms with van der Waals surface area (Å²) in [6, 6.07) is 0. The lowest BCUT2D eigenvalue weighted by Crippen LogP contribution is -2.19. The molecule has 0 aliphatic heterocycles. The molecule has 0 aliphatic carbocycles. The smallest absolute Gasteiger partial charge is 0.192 e. The third kappa shape index (κ3) is 2.59. The molecule has 0 atom stereocenters. The molecule has 2 nitrogen and oxygen atoms in total. The van der Waals surface area contributed by atoms with E-state index in [0.29, 0.717) is 5.48 Å². The Bertz CT molecular complexity index is 150. The first kappa shape index (κ1) is 9.80. The number of Topliss-reactive ketones (excluding diaryl/α,β-unsaturated/α-hetero) is 1. The van der Waals surface area contributed by atoms with Crippen molar-refractivity contribution in [1.82, 2.24) is 0 Å². The van der Waals surface area contributed by atoms with Crippen molar-refractivity contribution < 1.29 is 9.53 Å². The highest BCUT2D eigenvalue weighted by atomic mass is 31.1. The Morgan fingerprint density at radius 2 is 2.00 bits per heavy atom. The predicted octanol–water partition coefficient (Wildman–Crippen LogP) is 1.56. The van der Waals surface area contributed by atoms with Gasteiger partial charge in [0.1, 0.15) is 5.48 Å². The van der Waals surface area contributed by atoms with Crippen molar-refractivity contribution in [3.63, 3.8) is 0 Å². The van der Waals surface area contributed by atoms with Crippen molar-refractivity contribution in [2.24, 2.45) is 5.92 Å². The fraction of sp³-hybridized carbons (Fsp3) is 0.714. The van der Waals surface area contributed by atoms with Crippen LogP contribution in [0.1, 0.15) is 13.8 Å². The largest absolute Gasteiger partial charge is 0.341 e. The van der Waals surface area contributed by atoms with E-state index in [9.17, 15) is 4.79 Å². The van der Waals surface area contributed by atoms with Gasteiger partial charge < -0.3 is 4.74 Å². The van der Waals surface area contributed by atoms with Gasteiger partial charge in [0.25, 0.3) is 0 Å². The molecule has 0 amide bonds. The number of ether oxygens (including phenoxy) is 1. The number of hydrogen-bond donors (Lipinski definition) is 0. The van der Waals surface area contributed by atoms with Crippen molar-refractivity contribution in [2.75, 3.05) is 13.8 Å². The molecular weight excluding hydrogens is 147 g/mol. The monoisotopic (exact) mass is 160 g/mol. The summed E-state index contributed by atoms with van der Waals surface area (Å²) in [5.74, 6) is 0.147. The molecule has 0 rings (SSSR count). The van der Waals surface area contributed by atoms with Gasteiger partial charge in [0.15, 0.2) is 5.78 Å². The number of carbonyl (C=O) groups excluding carboxylic acids is 1. The fourth-order valence-corrected chi connectivity index (χ4v) is 1.21. The van der Waals surface area contributed by atoms with Crippen LogP contribution in [0.15, 0.2) is 0 Å². The molecule has 0 bridgehead atoms. The minimum atomic E-state index is 0.0439. The van der Waals surface area contributed by atoms with Gasteiger partial charge in [-0.25, -0.2) is 0 Å². The molecule has 3 heteroatoms. The first-order valence-electron chi connectivity index (χ1n) is 3.18. The number of rotatable bonds is 3. The van der Waals surface area contributed by atoms with Crippen LogP contribution in [0.2, 0.25) is 0 Å². The van der Waals surface area contributed by atoms with Gasteiger partial charge in [0.05, 0.1) is 0 Å². The van der Waals surface area contributed by atoms with Crippen LogP contribution in [-0.2, 0) is 9.53 Å². The lowest BCUT2D eigenvalue weighted by molar-refractivity contribution is -0.116. The number of carbonyl (C=O) groups is 1. The zero-order valence-corrected chi connectivity index (χ0v) is 7.74. The maximum atomic E-state index is 11.1. The van der Waals surface area contributed by atoms with Crippen LogP contribution >= 0.6 is 8.20 Å². The van der Waals surface area contributed by atoms with E-state index in [1.165, 1.54) is 7.11 Å². The molecule has 0 aromatic rings. The van der Waals surface area contributed by atoms with E-state index < -0.39 is 0 Å². The van der Waals surface area contributed by atoms with Crippen LogP contribution in [0.25, 0.3) is 0 Å². The highest BCUT2D eigenvalue weighted by Crippen LogP contribution is 2.02. The lowest BCUT2D eigenvalue weighted by atomic mass is 10.1. The summed E-state index contributed by atoms with van der Waals surface area (Å²) in [6.45, 7) is 5.62. The maximum Gasteiger partial charge on any atom is 0.192 e. The normalized spacial score (nSPS) is 12.3. The second-order valence-corrected chi connectivity index (χ2v) is 3.11. The van der Waals surface area contributed by atoms with Crippen LogP contribution in [0.3, 0.4) is 0 Å². The second kappa shape index (κ2) is 4.59. The minimum Gasteiger partial charge on any atom is -0.341 e. The van der Waals surface area contributed by atoms with Crippen LogP contribution in [0, 0.1) is 5.92 Å². The van der Waals surface area contributed by atoms with Gasteiger partial charge in [-0.05, 0) is 6.66 Å². The summed E-state index contributed by atoms with van der Waals surface area (Å²) in [5, 5.41) is 0. The van der Waals surface area contributed by atoms with Crippen LogP contribution in [-0.4, -0.2) is 25.0 Å². The van der Waals surface area contributed by atoms with Crippen molar-refractivity contribution in [1.29, 1.82) is 0 Å². The van der Waals surface area contributed by atoms with Crippen molar-refractivity contribution in [3.05, 3.63) is 0 Å². The topological polar surface area (TPSA) is 26.3 Å². The fourth-order valence-electron chi connectivity index (χ4n) is 0.549. The molecular formula is C7H13O2P. The summed E-state index contributed by atoms with van der Waals surface area (Å²) in [5.41, 5.74) is 0.551. The average molecular weight is 160 g/mol. The first-order chi connectivity index (χ1) is 4.63. The molecule has 0 aromatic carbocycles. The highest BCUT2D eigenvalue weighted by Gasteiger charge is 2.12. The molecule has 58 valence electrons. The molecule has 0 N–H and O–H groups in total. The third-order valence-corrected chi connectivity index (χ3v) is 1.94. The summed E-state index contributed by atoms with van der Waals surface area (Å²) in [7, 11) is 2.44. The van der Waals surface area contributed by atoms with Gasteiger partial charge in [0.2, 0.25) is 0 Å². The van der Waals surface area contributed by atoms with Crippen molar-refractivity contribution in [2.45, 2.75) is 13.8 Å². The second-order valence-electron chi connectivity index (χ2n) is 2.25. The average Bonchev–Trinajstić information content (AvgIpc) is 1.90. The molecule has 0 saturated carbocycles. The lowest BCUT2D eigenvalue weighted by Gasteiger charge is -2.04. The quantitative estimate of drug-likeness (QED) is 0.585. The Hall–Kier alpha value is -0.200. The summed E-state index contributed by atoms with van der Waals surface area (Å²) >= 11 is 0. The Morgan fingerprint density at radius 1 is 1.50 bits per heavy atom. The Morgan fingerprint density at radius 3 is 2.10 bits per heavy atom. The van der Waals surface area contributed by atoms with Crippen molar-refractivity contribution >= 4 is 19.5 Å². The third-order valence-electron chi connectivity index (χ3n) is 1.13. The summed E-state index contributed by atoms with van der Waals surface area (Å²) in [4.78, 5) is 11.1. The Balaban J connectivity index is 4.18. The van der Waals surface area contributed by atoms with Gasteiger partial charge in [-0.2, -0.15) is 0 Å². The van der Waals surface area contributed by atoms with Crippen LogP contribution in [0.4, 0.5) is 0 Å². The molecule has 0 unspecified atom stereocenters. The molecule has 0 aromatic heterocycles. The zero-order chi connectivity index (χ0) is 8.15. The van der Waals surface area contributed by atoms with Crippen LogP contribution in [0.5, 0.6) is 0 Å². The molecule has 0 spiro atoms. The van der Waals surface area contributed by atoms with E-state index in [2.05, 4.69) is 0 Å².